The molecule has 2 amide bonds. The average Bonchev–Trinajstić information content (AvgIpc) is 3.39. The van der Waals surface area contributed by atoms with Crippen molar-refractivity contribution in [2.75, 3.05) is 13.1 Å². The van der Waals surface area contributed by atoms with E-state index in [0.717, 1.165) is 12.0 Å². The molecular formula is C24H27N3O5S2. The minimum Gasteiger partial charge on any atom is -0.465 e. The van der Waals surface area contributed by atoms with Crippen molar-refractivity contribution in [3.63, 3.8) is 0 Å². The number of nitrogens with one attached hydrogen (secondary N) is 1. The number of hydrogen-bond acceptors (Lipinski definition) is 5. The molecule has 34 heavy (non-hydrogen) atoms. The third-order valence-corrected chi connectivity index (χ3v) is 9.48. The van der Waals surface area contributed by atoms with E-state index < -0.39 is 16.1 Å². The van der Waals surface area contributed by atoms with Crippen LogP contribution >= 0.6 is 11.8 Å². The molecule has 8 nitrogen and oxygen atoms in total. The summed E-state index contributed by atoms with van der Waals surface area (Å²) in [6.45, 7) is 4.70. The Morgan fingerprint density at radius 3 is 2.32 bits per heavy atom. The Kier molecular flexibility index (Phi) is 7.30. The van der Waals surface area contributed by atoms with Crippen LogP contribution in [0.4, 0.5) is 4.79 Å². The fourth-order valence-corrected chi connectivity index (χ4v) is 7.63. The van der Waals surface area contributed by atoms with Crippen molar-refractivity contribution in [1.82, 2.24) is 14.5 Å². The van der Waals surface area contributed by atoms with Crippen molar-refractivity contribution in [2.24, 2.45) is 5.92 Å². The van der Waals surface area contributed by atoms with Crippen LogP contribution in [-0.2, 0) is 27.9 Å². The first-order chi connectivity index (χ1) is 16.3. The van der Waals surface area contributed by atoms with Gasteiger partial charge >= 0.3 is 6.09 Å². The molecule has 10 heteroatoms. The van der Waals surface area contributed by atoms with Gasteiger partial charge in [0.05, 0.1) is 10.3 Å². The van der Waals surface area contributed by atoms with E-state index in [9.17, 15) is 23.1 Å². The highest BCUT2D eigenvalue weighted by molar-refractivity contribution is 8.00. The number of fused-ring (bicyclic) bond motifs is 1. The predicted octanol–water partition coefficient (Wildman–Crippen LogP) is 3.12. The largest absolute Gasteiger partial charge is 0.465 e. The lowest BCUT2D eigenvalue weighted by Crippen LogP contribution is -2.33. The van der Waals surface area contributed by atoms with Crippen LogP contribution in [0.3, 0.4) is 0 Å². The van der Waals surface area contributed by atoms with Gasteiger partial charge in [0.15, 0.2) is 0 Å². The normalized spacial score (nSPS) is 22.2. The number of benzene rings is 2. The van der Waals surface area contributed by atoms with Crippen molar-refractivity contribution >= 4 is 33.8 Å². The Hall–Kier alpha value is -2.82. The predicted molar refractivity (Wildman–Crippen MR) is 131 cm³/mol. The first-order valence-corrected chi connectivity index (χ1v) is 13.3. The number of sulfonamides is 1. The third kappa shape index (κ3) is 5.45. The molecule has 0 bridgehead atoms. The van der Waals surface area contributed by atoms with Crippen LogP contribution in [0.2, 0.25) is 0 Å². The molecule has 2 heterocycles. The topological polar surface area (TPSA) is 107 Å². The van der Waals surface area contributed by atoms with Crippen LogP contribution in [0.25, 0.3) is 0 Å². The number of thioether (sulfide) groups is 1. The molecule has 2 aromatic rings. The van der Waals surface area contributed by atoms with Gasteiger partial charge in [-0.15, -0.1) is 11.8 Å². The Morgan fingerprint density at radius 2 is 1.74 bits per heavy atom. The van der Waals surface area contributed by atoms with E-state index in [1.54, 1.807) is 36.0 Å². The first kappa shape index (κ1) is 24.3. The smallest absolute Gasteiger partial charge is 0.407 e. The Balaban J connectivity index is 1.38. The SMILES string of the molecule is C=CC(=O)NC1CC2CN(S(=O)(=O)c3ccc(CN(Cc4ccccc4)C(=O)O)cc3)CC2S1. The monoisotopic (exact) mass is 501 g/mol. The summed E-state index contributed by atoms with van der Waals surface area (Å²) in [6, 6.07) is 15.7. The summed E-state index contributed by atoms with van der Waals surface area (Å²) in [4.78, 5) is 24.7. The molecule has 2 saturated heterocycles. The fraction of sp³-hybridized carbons (Fsp3) is 0.333. The van der Waals surface area contributed by atoms with Crippen LogP contribution in [0.5, 0.6) is 0 Å². The first-order valence-electron chi connectivity index (χ1n) is 11.0. The standard InChI is InChI=1S/C24H27N3O5S2/c1-2-22(28)25-23-12-19-15-27(16-21(19)33-23)34(31,32)20-10-8-18(9-11-20)14-26(24(29)30)13-17-6-4-3-5-7-17/h2-11,19,21,23H,1,12-16H2,(H,25,28)(H,29,30). The molecule has 0 aliphatic carbocycles. The van der Waals surface area contributed by atoms with Gasteiger partial charge in [-0.3, -0.25) is 9.69 Å². The molecule has 2 aliphatic heterocycles. The van der Waals surface area contributed by atoms with Gasteiger partial charge < -0.3 is 10.4 Å². The zero-order valence-electron chi connectivity index (χ0n) is 18.5. The van der Waals surface area contributed by atoms with Gasteiger partial charge in [-0.25, -0.2) is 13.2 Å². The van der Waals surface area contributed by atoms with Gasteiger partial charge in [-0.1, -0.05) is 49.0 Å². The highest BCUT2D eigenvalue weighted by Gasteiger charge is 2.45. The van der Waals surface area contributed by atoms with E-state index >= 15 is 0 Å². The van der Waals surface area contributed by atoms with Gasteiger partial charge in [0.25, 0.3) is 0 Å². The second-order valence-corrected chi connectivity index (χ2v) is 11.8. The second kappa shape index (κ2) is 10.2. The zero-order chi connectivity index (χ0) is 24.3. The molecular weight excluding hydrogens is 474 g/mol. The summed E-state index contributed by atoms with van der Waals surface area (Å²) in [6.07, 6.45) is 0.933. The highest BCUT2D eigenvalue weighted by atomic mass is 32.2. The number of hydrogen-bond donors (Lipinski definition) is 2. The van der Waals surface area contributed by atoms with E-state index in [4.69, 9.17) is 0 Å². The minimum atomic E-state index is -3.65. The lowest BCUT2D eigenvalue weighted by molar-refractivity contribution is -0.116. The fourth-order valence-electron chi connectivity index (χ4n) is 4.36. The summed E-state index contributed by atoms with van der Waals surface area (Å²) in [7, 11) is -3.65. The lowest BCUT2D eigenvalue weighted by atomic mass is 10.1. The molecule has 0 spiro atoms. The summed E-state index contributed by atoms with van der Waals surface area (Å²) in [5.74, 6) is -0.0245. The van der Waals surface area contributed by atoms with Crippen molar-refractivity contribution in [2.45, 2.75) is 35.0 Å². The average molecular weight is 502 g/mol. The maximum absolute atomic E-state index is 13.2. The summed E-state index contributed by atoms with van der Waals surface area (Å²) in [5, 5.41) is 12.6. The van der Waals surface area contributed by atoms with E-state index in [0.29, 0.717) is 18.7 Å². The summed E-state index contributed by atoms with van der Waals surface area (Å²) >= 11 is 1.61. The van der Waals surface area contributed by atoms with Crippen LogP contribution in [0.15, 0.2) is 72.1 Å². The number of rotatable bonds is 8. The number of carbonyl (C=O) groups is 2. The summed E-state index contributed by atoms with van der Waals surface area (Å²) < 4.78 is 27.9. The molecule has 0 aromatic heterocycles. The maximum atomic E-state index is 13.2. The van der Waals surface area contributed by atoms with Gasteiger partial charge in [-0.2, -0.15) is 4.31 Å². The van der Waals surface area contributed by atoms with Crippen LogP contribution in [0, 0.1) is 5.92 Å². The molecule has 2 N–H and O–H groups in total. The number of carboxylic acid groups (broad SMARTS) is 1. The Bertz CT molecular complexity index is 1140. The van der Waals surface area contributed by atoms with Gasteiger partial charge in [0.1, 0.15) is 0 Å². The minimum absolute atomic E-state index is 0.0160. The number of amides is 2. The second-order valence-electron chi connectivity index (χ2n) is 8.46. The van der Waals surface area contributed by atoms with E-state index in [2.05, 4.69) is 11.9 Å². The molecule has 2 aliphatic rings. The molecule has 2 fully saturated rings. The Labute approximate surface area is 203 Å². The lowest BCUT2D eigenvalue weighted by Gasteiger charge is -2.21. The van der Waals surface area contributed by atoms with Crippen LogP contribution in [-0.4, -0.2) is 58.4 Å². The molecule has 2 aromatic carbocycles. The van der Waals surface area contributed by atoms with Crippen molar-refractivity contribution < 1.29 is 23.1 Å². The number of carbonyl (C=O) groups excluding carboxylic acids is 1. The van der Waals surface area contributed by atoms with E-state index in [1.807, 2.05) is 30.3 Å². The highest BCUT2D eigenvalue weighted by Crippen LogP contribution is 2.43. The van der Waals surface area contributed by atoms with Crippen molar-refractivity contribution in [1.29, 1.82) is 0 Å². The molecule has 3 unspecified atom stereocenters. The van der Waals surface area contributed by atoms with Gasteiger partial charge in [0.2, 0.25) is 15.9 Å². The van der Waals surface area contributed by atoms with E-state index in [-0.39, 0.29) is 40.4 Å². The number of nitrogens with zero attached hydrogens (tertiary/aromatic N) is 2. The molecule has 4 rings (SSSR count). The van der Waals surface area contributed by atoms with Crippen molar-refractivity contribution in [3.8, 4) is 0 Å². The molecule has 180 valence electrons. The maximum Gasteiger partial charge on any atom is 0.407 e. The van der Waals surface area contributed by atoms with E-state index in [1.165, 1.54) is 15.3 Å². The van der Waals surface area contributed by atoms with Crippen molar-refractivity contribution in [3.05, 3.63) is 78.4 Å². The summed E-state index contributed by atoms with van der Waals surface area (Å²) in [5.41, 5.74) is 1.60. The molecule has 0 saturated carbocycles. The Morgan fingerprint density at radius 1 is 1.09 bits per heavy atom. The van der Waals surface area contributed by atoms with Gasteiger partial charge in [-0.05, 0) is 41.7 Å². The third-order valence-electron chi connectivity index (χ3n) is 6.11. The van der Waals surface area contributed by atoms with Gasteiger partial charge in [0, 0.05) is 31.4 Å². The molecule has 3 atom stereocenters. The van der Waals surface area contributed by atoms with Crippen LogP contribution in [0.1, 0.15) is 17.5 Å². The molecule has 0 radical (unpaired) electrons. The quantitative estimate of drug-likeness (QED) is 0.539. The van der Waals surface area contributed by atoms with Crippen LogP contribution < -0.4 is 5.32 Å². The zero-order valence-corrected chi connectivity index (χ0v) is 20.2.